The summed E-state index contributed by atoms with van der Waals surface area (Å²) < 4.78 is 7.44. The molecule has 4 nitrogen and oxygen atoms in total. The molecule has 0 heterocycles. The van der Waals surface area contributed by atoms with E-state index < -0.39 is 0 Å². The van der Waals surface area contributed by atoms with E-state index in [1.54, 1.807) is 6.07 Å². The van der Waals surface area contributed by atoms with Crippen molar-refractivity contribution in [3.05, 3.63) is 32.7 Å². The van der Waals surface area contributed by atoms with E-state index >= 15 is 0 Å². The van der Waals surface area contributed by atoms with E-state index in [-0.39, 0.29) is 5.91 Å². The number of hydrogen-bond donors (Lipinski definition) is 2. The van der Waals surface area contributed by atoms with Gasteiger partial charge < -0.3 is 15.8 Å². The number of rotatable bonds is 5. The standard InChI is InChI=1S/C15H20Br2N2O2/c16-10-1-6-14(17)13(9-10)15(20)19-7-8-21-12-4-2-11(18)3-5-12/h1,6,9,11-12H,2-5,7-8,18H2,(H,19,20). The van der Waals surface area contributed by atoms with Gasteiger partial charge in [-0.2, -0.15) is 0 Å². The molecule has 1 aromatic rings. The third-order valence-corrected chi connectivity index (χ3v) is 4.82. The average molecular weight is 420 g/mol. The van der Waals surface area contributed by atoms with Gasteiger partial charge in [-0.3, -0.25) is 4.79 Å². The van der Waals surface area contributed by atoms with Crippen LogP contribution in [0.15, 0.2) is 27.1 Å². The van der Waals surface area contributed by atoms with Crippen LogP contribution in [0.25, 0.3) is 0 Å². The van der Waals surface area contributed by atoms with Crippen LogP contribution in [-0.2, 0) is 4.74 Å². The highest BCUT2D eigenvalue weighted by molar-refractivity contribution is 9.11. The summed E-state index contributed by atoms with van der Waals surface area (Å²) in [5, 5.41) is 2.88. The molecule has 0 saturated heterocycles. The second-order valence-corrected chi connectivity index (χ2v) is 7.06. The topological polar surface area (TPSA) is 64.3 Å². The molecule has 2 rings (SSSR count). The molecule has 3 N–H and O–H groups in total. The van der Waals surface area contributed by atoms with Crippen LogP contribution in [0, 0.1) is 0 Å². The van der Waals surface area contributed by atoms with E-state index in [2.05, 4.69) is 37.2 Å². The lowest BCUT2D eigenvalue weighted by Crippen LogP contribution is -2.33. The summed E-state index contributed by atoms with van der Waals surface area (Å²) in [5.74, 6) is -0.0996. The molecule has 0 radical (unpaired) electrons. The summed E-state index contributed by atoms with van der Waals surface area (Å²) in [7, 11) is 0. The van der Waals surface area contributed by atoms with Gasteiger partial charge in [-0.05, 0) is 59.8 Å². The van der Waals surface area contributed by atoms with Crippen LogP contribution in [0.3, 0.4) is 0 Å². The van der Waals surface area contributed by atoms with E-state index in [0.717, 1.165) is 34.6 Å². The molecule has 21 heavy (non-hydrogen) atoms. The first kappa shape index (κ1) is 16.9. The number of carbonyl (C=O) groups is 1. The summed E-state index contributed by atoms with van der Waals surface area (Å²) in [5.41, 5.74) is 6.48. The molecular formula is C15H20Br2N2O2. The Labute approximate surface area is 142 Å². The Kier molecular flexibility index (Phi) is 6.67. The monoisotopic (exact) mass is 418 g/mol. The Bertz CT molecular complexity index is 489. The molecule has 1 aliphatic rings. The molecule has 0 bridgehead atoms. The third-order valence-electron chi connectivity index (χ3n) is 3.63. The average Bonchev–Trinajstić information content (AvgIpc) is 2.47. The molecule has 0 atom stereocenters. The summed E-state index contributed by atoms with van der Waals surface area (Å²) in [4.78, 5) is 12.1. The Balaban J connectivity index is 1.71. The predicted molar refractivity (Wildman–Crippen MR) is 90.4 cm³/mol. The number of nitrogens with two attached hydrogens (primary N) is 1. The first-order valence-electron chi connectivity index (χ1n) is 7.16. The van der Waals surface area contributed by atoms with Gasteiger partial charge in [0, 0.05) is 21.5 Å². The lowest BCUT2D eigenvalue weighted by Gasteiger charge is -2.26. The second-order valence-electron chi connectivity index (χ2n) is 5.29. The van der Waals surface area contributed by atoms with Gasteiger partial charge in [0.2, 0.25) is 0 Å². The molecule has 1 fully saturated rings. The maximum atomic E-state index is 12.1. The number of nitrogens with one attached hydrogen (secondary N) is 1. The van der Waals surface area contributed by atoms with Crippen molar-refractivity contribution in [1.82, 2.24) is 5.32 Å². The van der Waals surface area contributed by atoms with Crippen molar-refractivity contribution in [2.75, 3.05) is 13.2 Å². The highest BCUT2D eigenvalue weighted by Gasteiger charge is 2.18. The fraction of sp³-hybridized carbons (Fsp3) is 0.533. The first-order valence-corrected chi connectivity index (χ1v) is 8.75. The maximum Gasteiger partial charge on any atom is 0.252 e. The molecule has 0 aliphatic heterocycles. The molecule has 1 aromatic carbocycles. The molecule has 116 valence electrons. The summed E-state index contributed by atoms with van der Waals surface area (Å²) in [6, 6.07) is 5.86. The number of carbonyl (C=O) groups excluding carboxylic acids is 1. The van der Waals surface area contributed by atoms with Crippen LogP contribution in [0.5, 0.6) is 0 Å². The van der Waals surface area contributed by atoms with Crippen LogP contribution >= 0.6 is 31.9 Å². The van der Waals surface area contributed by atoms with Crippen molar-refractivity contribution in [3.8, 4) is 0 Å². The Morgan fingerprint density at radius 1 is 1.29 bits per heavy atom. The van der Waals surface area contributed by atoms with Crippen LogP contribution in [0.2, 0.25) is 0 Å². The van der Waals surface area contributed by atoms with Crippen molar-refractivity contribution < 1.29 is 9.53 Å². The van der Waals surface area contributed by atoms with E-state index in [1.807, 2.05) is 12.1 Å². The minimum Gasteiger partial charge on any atom is -0.376 e. The molecule has 0 unspecified atom stereocenters. The molecular weight excluding hydrogens is 400 g/mol. The smallest absolute Gasteiger partial charge is 0.252 e. The minimum atomic E-state index is -0.0996. The molecule has 1 amide bonds. The minimum absolute atomic E-state index is 0.0996. The van der Waals surface area contributed by atoms with Gasteiger partial charge in [0.25, 0.3) is 5.91 Å². The van der Waals surface area contributed by atoms with Gasteiger partial charge in [-0.25, -0.2) is 0 Å². The Morgan fingerprint density at radius 2 is 2.00 bits per heavy atom. The van der Waals surface area contributed by atoms with Gasteiger partial charge in [-0.15, -0.1) is 0 Å². The zero-order valence-corrected chi connectivity index (χ0v) is 15.0. The summed E-state index contributed by atoms with van der Waals surface area (Å²) in [6.45, 7) is 1.05. The molecule has 0 aromatic heterocycles. The highest BCUT2D eigenvalue weighted by atomic mass is 79.9. The maximum absolute atomic E-state index is 12.1. The normalized spacial score (nSPS) is 22.0. The van der Waals surface area contributed by atoms with Crippen LogP contribution in [0.4, 0.5) is 0 Å². The number of amides is 1. The number of hydrogen-bond acceptors (Lipinski definition) is 3. The second kappa shape index (κ2) is 8.27. The van der Waals surface area contributed by atoms with Crippen LogP contribution < -0.4 is 11.1 Å². The van der Waals surface area contributed by atoms with E-state index in [1.165, 1.54) is 0 Å². The first-order chi connectivity index (χ1) is 10.1. The lowest BCUT2D eigenvalue weighted by molar-refractivity contribution is 0.0267. The van der Waals surface area contributed by atoms with Gasteiger partial charge in [0.15, 0.2) is 0 Å². The van der Waals surface area contributed by atoms with Crippen molar-refractivity contribution in [2.45, 2.75) is 37.8 Å². The third kappa shape index (κ3) is 5.36. The zero-order valence-electron chi connectivity index (χ0n) is 11.8. The number of ether oxygens (including phenoxy) is 1. The fourth-order valence-corrected chi connectivity index (χ4v) is 3.20. The molecule has 0 spiro atoms. The predicted octanol–water partition coefficient (Wildman–Crippen LogP) is 3.23. The van der Waals surface area contributed by atoms with Crippen molar-refractivity contribution in [1.29, 1.82) is 0 Å². The van der Waals surface area contributed by atoms with Gasteiger partial charge in [-0.1, -0.05) is 15.9 Å². The lowest BCUT2D eigenvalue weighted by atomic mass is 9.94. The van der Waals surface area contributed by atoms with Crippen molar-refractivity contribution >= 4 is 37.8 Å². The van der Waals surface area contributed by atoms with E-state index in [4.69, 9.17) is 10.5 Å². The Morgan fingerprint density at radius 3 is 2.71 bits per heavy atom. The largest absolute Gasteiger partial charge is 0.376 e. The number of benzene rings is 1. The Hall–Kier alpha value is -0.430. The molecule has 1 saturated carbocycles. The van der Waals surface area contributed by atoms with E-state index in [9.17, 15) is 4.79 Å². The molecule has 6 heteroatoms. The zero-order chi connectivity index (χ0) is 15.2. The van der Waals surface area contributed by atoms with Gasteiger partial charge >= 0.3 is 0 Å². The fourth-order valence-electron chi connectivity index (χ4n) is 2.41. The van der Waals surface area contributed by atoms with Crippen molar-refractivity contribution in [3.63, 3.8) is 0 Å². The quantitative estimate of drug-likeness (QED) is 0.720. The van der Waals surface area contributed by atoms with Gasteiger partial charge in [0.1, 0.15) is 0 Å². The molecule has 1 aliphatic carbocycles. The van der Waals surface area contributed by atoms with Crippen molar-refractivity contribution in [2.24, 2.45) is 5.73 Å². The van der Waals surface area contributed by atoms with Crippen LogP contribution in [0.1, 0.15) is 36.0 Å². The highest BCUT2D eigenvalue weighted by Crippen LogP contribution is 2.21. The number of halogens is 2. The van der Waals surface area contributed by atoms with E-state index in [0.29, 0.717) is 30.9 Å². The summed E-state index contributed by atoms with van der Waals surface area (Å²) >= 11 is 6.75. The SMILES string of the molecule is NC1CCC(OCCNC(=O)c2cc(Br)ccc2Br)CC1. The van der Waals surface area contributed by atoms with Crippen LogP contribution in [-0.4, -0.2) is 31.2 Å². The summed E-state index contributed by atoms with van der Waals surface area (Å²) in [6.07, 6.45) is 4.39. The van der Waals surface area contributed by atoms with Gasteiger partial charge in [0.05, 0.1) is 18.3 Å².